The highest BCUT2D eigenvalue weighted by atomic mass is 32.1. The average Bonchev–Trinajstić information content (AvgIpc) is 3.33. The smallest absolute Gasteiger partial charge is 0.410 e. The third-order valence-corrected chi connectivity index (χ3v) is 6.77. The molecule has 7 nitrogen and oxygen atoms in total. The quantitative estimate of drug-likeness (QED) is 0.493. The van der Waals surface area contributed by atoms with E-state index < -0.39 is 17.4 Å². The van der Waals surface area contributed by atoms with Gasteiger partial charge in [0.2, 0.25) is 0 Å². The van der Waals surface area contributed by atoms with E-state index >= 15 is 0 Å². The largest absolute Gasteiger partial charge is 0.465 e. The van der Waals surface area contributed by atoms with Gasteiger partial charge in [0.15, 0.2) is 0 Å². The molecule has 1 N–H and O–H groups in total. The van der Waals surface area contributed by atoms with Gasteiger partial charge in [-0.15, -0.1) is 11.3 Å². The Kier molecular flexibility index (Phi) is 5.94. The second-order valence-corrected chi connectivity index (χ2v) is 10.6. The zero-order chi connectivity index (χ0) is 24.1. The standard InChI is InChI=1S/C24H28FN3O4S/c1-12(2)19-20-13(7-8-28(19)23(30)32-24(3,4)5)9-17(33-20)21-26-16-11-14(25)10-15(18(16)27-21)22(29)31-6/h9-12,19H,7-8H2,1-6H3,(H,26,27). The van der Waals surface area contributed by atoms with Crippen LogP contribution >= 0.6 is 11.3 Å². The Bertz CT molecular complexity index is 1220. The van der Waals surface area contributed by atoms with Gasteiger partial charge in [0.05, 0.1) is 29.1 Å². The minimum absolute atomic E-state index is 0.0764. The number of rotatable bonds is 3. The summed E-state index contributed by atoms with van der Waals surface area (Å²) in [7, 11) is 1.25. The molecule has 3 aromatic rings. The maximum Gasteiger partial charge on any atom is 0.410 e. The van der Waals surface area contributed by atoms with Crippen molar-refractivity contribution in [3.05, 3.63) is 40.0 Å². The second-order valence-electron chi connectivity index (χ2n) is 9.54. The number of esters is 1. The van der Waals surface area contributed by atoms with Gasteiger partial charge in [0, 0.05) is 11.4 Å². The van der Waals surface area contributed by atoms with E-state index in [2.05, 4.69) is 29.9 Å². The fourth-order valence-electron chi connectivity index (χ4n) is 4.18. The Morgan fingerprint density at radius 2 is 2.00 bits per heavy atom. The number of aromatic amines is 1. The zero-order valence-corrected chi connectivity index (χ0v) is 20.4. The highest BCUT2D eigenvalue weighted by Crippen LogP contribution is 2.43. The van der Waals surface area contributed by atoms with E-state index in [4.69, 9.17) is 9.47 Å². The van der Waals surface area contributed by atoms with Crippen LogP contribution in [-0.2, 0) is 15.9 Å². The van der Waals surface area contributed by atoms with Crippen LogP contribution in [-0.4, -0.2) is 46.2 Å². The second kappa shape index (κ2) is 8.44. The molecule has 33 heavy (non-hydrogen) atoms. The van der Waals surface area contributed by atoms with E-state index in [0.29, 0.717) is 29.8 Å². The van der Waals surface area contributed by atoms with E-state index in [1.54, 1.807) is 11.3 Å². The van der Waals surface area contributed by atoms with Crippen LogP contribution in [0.25, 0.3) is 21.7 Å². The number of hydrogen-bond acceptors (Lipinski definition) is 6. The van der Waals surface area contributed by atoms with Crippen molar-refractivity contribution in [2.75, 3.05) is 13.7 Å². The normalized spacial score (nSPS) is 16.2. The maximum absolute atomic E-state index is 14.1. The number of halogens is 1. The molecule has 0 fully saturated rings. The number of carbonyl (C=O) groups excluding carboxylic acids is 2. The summed E-state index contributed by atoms with van der Waals surface area (Å²) in [5.74, 6) is -0.461. The molecule has 1 unspecified atom stereocenters. The first-order chi connectivity index (χ1) is 15.5. The summed E-state index contributed by atoms with van der Waals surface area (Å²) in [5.41, 5.74) is 1.45. The lowest BCUT2D eigenvalue weighted by atomic mass is 9.93. The molecular formula is C24H28FN3O4S. The first-order valence-corrected chi connectivity index (χ1v) is 11.7. The number of benzene rings is 1. The predicted molar refractivity (Wildman–Crippen MR) is 125 cm³/mol. The summed E-state index contributed by atoms with van der Waals surface area (Å²) in [5, 5.41) is 0. The van der Waals surface area contributed by atoms with Crippen LogP contribution in [0.15, 0.2) is 18.2 Å². The fraction of sp³-hybridized carbons (Fsp3) is 0.458. The van der Waals surface area contributed by atoms with Crippen molar-refractivity contribution in [1.82, 2.24) is 14.9 Å². The van der Waals surface area contributed by atoms with Gasteiger partial charge in [-0.1, -0.05) is 13.8 Å². The summed E-state index contributed by atoms with van der Waals surface area (Å²) in [4.78, 5) is 36.5. The van der Waals surface area contributed by atoms with Crippen molar-refractivity contribution < 1.29 is 23.5 Å². The van der Waals surface area contributed by atoms with Crippen molar-refractivity contribution in [2.24, 2.45) is 5.92 Å². The van der Waals surface area contributed by atoms with Gasteiger partial charge in [0.1, 0.15) is 22.8 Å². The molecule has 0 spiro atoms. The summed E-state index contributed by atoms with van der Waals surface area (Å²) in [6.07, 6.45) is 0.389. The fourth-order valence-corrected chi connectivity index (χ4v) is 5.62. The molecule has 1 atom stereocenters. The van der Waals surface area contributed by atoms with Crippen molar-refractivity contribution in [2.45, 2.75) is 52.7 Å². The molecule has 176 valence electrons. The monoisotopic (exact) mass is 473 g/mol. The number of imidazole rings is 1. The molecule has 0 radical (unpaired) electrons. The number of H-pyrrole nitrogens is 1. The number of ether oxygens (including phenoxy) is 2. The summed E-state index contributed by atoms with van der Waals surface area (Å²) in [6, 6.07) is 4.39. The van der Waals surface area contributed by atoms with Gasteiger partial charge < -0.3 is 14.5 Å². The third-order valence-electron chi connectivity index (χ3n) is 5.52. The predicted octanol–water partition coefficient (Wildman–Crippen LogP) is 5.71. The molecule has 0 aliphatic carbocycles. The topological polar surface area (TPSA) is 84.5 Å². The van der Waals surface area contributed by atoms with E-state index in [1.807, 2.05) is 25.7 Å². The number of nitrogens with zero attached hydrogens (tertiary/aromatic N) is 2. The van der Waals surface area contributed by atoms with Crippen LogP contribution in [0.2, 0.25) is 0 Å². The van der Waals surface area contributed by atoms with Crippen LogP contribution in [0.5, 0.6) is 0 Å². The number of aromatic nitrogens is 2. The number of thiophene rings is 1. The molecule has 2 aromatic heterocycles. The minimum atomic E-state index is -0.643. The zero-order valence-electron chi connectivity index (χ0n) is 19.6. The molecule has 1 aliphatic rings. The number of fused-ring (bicyclic) bond motifs is 2. The van der Waals surface area contributed by atoms with Crippen LogP contribution in [0.3, 0.4) is 0 Å². The summed E-state index contributed by atoms with van der Waals surface area (Å²) in [6.45, 7) is 10.3. The van der Waals surface area contributed by atoms with Gasteiger partial charge in [-0.05, 0) is 56.9 Å². The molecule has 0 bridgehead atoms. The van der Waals surface area contributed by atoms with Gasteiger partial charge >= 0.3 is 12.1 Å². The average molecular weight is 474 g/mol. The Hall–Kier alpha value is -2.94. The Balaban J connectivity index is 1.74. The van der Waals surface area contributed by atoms with E-state index in [-0.39, 0.29) is 23.6 Å². The highest BCUT2D eigenvalue weighted by Gasteiger charge is 2.37. The van der Waals surface area contributed by atoms with Crippen LogP contribution in [0.1, 0.15) is 61.5 Å². The van der Waals surface area contributed by atoms with Gasteiger partial charge in [-0.25, -0.2) is 19.0 Å². The van der Waals surface area contributed by atoms with E-state index in [1.165, 1.54) is 13.2 Å². The SMILES string of the molecule is COC(=O)c1cc(F)cc2[nH]c(-c3cc4c(s3)C(C(C)C)N(C(=O)OC(C)(C)C)CC4)nc12. The molecule has 0 saturated heterocycles. The third kappa shape index (κ3) is 4.46. The molecule has 1 aliphatic heterocycles. The number of amides is 1. The Labute approximate surface area is 195 Å². The summed E-state index contributed by atoms with van der Waals surface area (Å²) < 4.78 is 24.5. The Morgan fingerprint density at radius 1 is 1.27 bits per heavy atom. The molecule has 3 heterocycles. The number of nitrogens with one attached hydrogen (secondary N) is 1. The summed E-state index contributed by atoms with van der Waals surface area (Å²) >= 11 is 1.55. The van der Waals surface area contributed by atoms with Crippen LogP contribution in [0.4, 0.5) is 9.18 Å². The lowest BCUT2D eigenvalue weighted by Gasteiger charge is -2.38. The van der Waals surface area contributed by atoms with Crippen LogP contribution < -0.4 is 0 Å². The molecule has 1 amide bonds. The lowest BCUT2D eigenvalue weighted by Crippen LogP contribution is -2.44. The van der Waals surface area contributed by atoms with Gasteiger partial charge in [-0.2, -0.15) is 0 Å². The molecule has 0 saturated carbocycles. The lowest BCUT2D eigenvalue weighted by molar-refractivity contribution is 0.00934. The molecule has 9 heteroatoms. The number of hydrogen-bond donors (Lipinski definition) is 1. The van der Waals surface area contributed by atoms with Crippen LogP contribution in [0, 0.1) is 11.7 Å². The van der Waals surface area contributed by atoms with Crippen molar-refractivity contribution in [1.29, 1.82) is 0 Å². The number of methoxy groups -OCH3 is 1. The Morgan fingerprint density at radius 3 is 2.64 bits per heavy atom. The van der Waals surface area contributed by atoms with E-state index in [0.717, 1.165) is 21.4 Å². The first-order valence-electron chi connectivity index (χ1n) is 10.9. The van der Waals surface area contributed by atoms with Crippen molar-refractivity contribution in [3.63, 3.8) is 0 Å². The minimum Gasteiger partial charge on any atom is -0.465 e. The molecule has 1 aromatic carbocycles. The molecule has 4 rings (SSSR count). The number of carbonyl (C=O) groups is 2. The highest BCUT2D eigenvalue weighted by molar-refractivity contribution is 7.15. The maximum atomic E-state index is 14.1. The van der Waals surface area contributed by atoms with E-state index in [9.17, 15) is 14.0 Å². The van der Waals surface area contributed by atoms with Crippen molar-refractivity contribution >= 4 is 34.4 Å². The van der Waals surface area contributed by atoms with Gasteiger partial charge in [-0.3, -0.25) is 4.90 Å². The molecular weight excluding hydrogens is 445 g/mol. The van der Waals surface area contributed by atoms with Gasteiger partial charge in [0.25, 0.3) is 0 Å². The first kappa shape index (κ1) is 23.2. The van der Waals surface area contributed by atoms with Crippen molar-refractivity contribution in [3.8, 4) is 10.7 Å².